The average molecular weight is 204 g/mol. The zero-order valence-electron chi connectivity index (χ0n) is 7.47. The summed E-state index contributed by atoms with van der Waals surface area (Å²) in [6.07, 6.45) is 0.922. The molecular formula is C8H10F2N2S. The predicted octanol–water partition coefficient (Wildman–Crippen LogP) is 2.57. The summed E-state index contributed by atoms with van der Waals surface area (Å²) in [4.78, 5) is 7.03. The van der Waals surface area contributed by atoms with Crippen LogP contribution in [0.2, 0.25) is 0 Å². The summed E-state index contributed by atoms with van der Waals surface area (Å²) in [5, 5.41) is 0.169. The molecule has 0 aromatic carbocycles. The third kappa shape index (κ3) is 2.62. The Kier molecular flexibility index (Phi) is 3.59. The molecule has 0 aliphatic heterocycles. The van der Waals surface area contributed by atoms with Gasteiger partial charge in [-0.2, -0.15) is 18.7 Å². The fraction of sp³-hybridized carbons (Fsp3) is 0.500. The topological polar surface area (TPSA) is 25.8 Å². The first-order chi connectivity index (χ1) is 6.15. The van der Waals surface area contributed by atoms with Crippen LogP contribution in [-0.2, 0) is 0 Å². The SMILES string of the molecule is CCCSc1nc(F)c(C)c(F)n1. The van der Waals surface area contributed by atoms with Crippen molar-refractivity contribution < 1.29 is 8.78 Å². The van der Waals surface area contributed by atoms with Crippen molar-refractivity contribution in [1.29, 1.82) is 0 Å². The quantitative estimate of drug-likeness (QED) is 0.430. The van der Waals surface area contributed by atoms with E-state index >= 15 is 0 Å². The van der Waals surface area contributed by atoms with Crippen LogP contribution in [0.15, 0.2) is 5.16 Å². The Balaban J connectivity index is 2.86. The van der Waals surface area contributed by atoms with Crippen molar-refractivity contribution in [1.82, 2.24) is 9.97 Å². The lowest BCUT2D eigenvalue weighted by molar-refractivity contribution is 0.488. The number of thioether (sulfide) groups is 1. The summed E-state index contributed by atoms with van der Waals surface area (Å²) in [5.41, 5.74) is -0.124. The molecule has 0 unspecified atom stereocenters. The monoisotopic (exact) mass is 204 g/mol. The molecule has 0 radical (unpaired) electrons. The molecule has 1 aromatic heterocycles. The number of nitrogens with zero attached hydrogens (tertiary/aromatic N) is 2. The maximum absolute atomic E-state index is 12.9. The Bertz CT molecular complexity index is 281. The molecule has 0 N–H and O–H groups in total. The third-order valence-corrected chi connectivity index (χ3v) is 2.49. The number of hydrogen-bond acceptors (Lipinski definition) is 3. The Hall–Kier alpha value is -0.710. The first-order valence-corrected chi connectivity index (χ1v) is 4.96. The van der Waals surface area contributed by atoms with Crippen molar-refractivity contribution in [3.05, 3.63) is 17.5 Å². The molecule has 0 bridgehead atoms. The second-order valence-electron chi connectivity index (χ2n) is 2.56. The second-order valence-corrected chi connectivity index (χ2v) is 3.62. The first kappa shape index (κ1) is 10.4. The molecule has 2 nitrogen and oxygen atoms in total. The second kappa shape index (κ2) is 4.50. The standard InChI is InChI=1S/C8H10F2N2S/c1-3-4-13-8-11-6(9)5(2)7(10)12-8/h3-4H2,1-2H3. The smallest absolute Gasteiger partial charge is 0.193 e. The van der Waals surface area contributed by atoms with E-state index in [-0.39, 0.29) is 10.7 Å². The Morgan fingerprint density at radius 3 is 2.23 bits per heavy atom. The van der Waals surface area contributed by atoms with Gasteiger partial charge in [-0.15, -0.1) is 0 Å². The van der Waals surface area contributed by atoms with E-state index in [1.807, 2.05) is 6.92 Å². The van der Waals surface area contributed by atoms with Crippen LogP contribution in [0.3, 0.4) is 0 Å². The van der Waals surface area contributed by atoms with E-state index in [2.05, 4.69) is 9.97 Å². The molecule has 1 rings (SSSR count). The number of aromatic nitrogens is 2. The first-order valence-electron chi connectivity index (χ1n) is 3.97. The highest BCUT2D eigenvalue weighted by atomic mass is 32.2. The molecule has 0 spiro atoms. The van der Waals surface area contributed by atoms with Crippen molar-refractivity contribution in [3.8, 4) is 0 Å². The minimum Gasteiger partial charge on any atom is -0.193 e. The molecule has 0 amide bonds. The van der Waals surface area contributed by atoms with Crippen molar-refractivity contribution >= 4 is 11.8 Å². The molecule has 5 heteroatoms. The van der Waals surface area contributed by atoms with E-state index in [1.165, 1.54) is 18.7 Å². The summed E-state index contributed by atoms with van der Waals surface area (Å²) in [7, 11) is 0. The van der Waals surface area contributed by atoms with Gasteiger partial charge in [0.1, 0.15) is 0 Å². The zero-order valence-corrected chi connectivity index (χ0v) is 8.29. The van der Waals surface area contributed by atoms with Gasteiger partial charge in [0.2, 0.25) is 11.9 Å². The van der Waals surface area contributed by atoms with Crippen LogP contribution in [-0.4, -0.2) is 15.7 Å². The molecule has 0 fully saturated rings. The number of halogens is 2. The molecule has 0 aliphatic rings. The van der Waals surface area contributed by atoms with E-state index in [4.69, 9.17) is 0 Å². The van der Waals surface area contributed by atoms with Crippen LogP contribution in [0.25, 0.3) is 0 Å². The Morgan fingerprint density at radius 2 is 1.77 bits per heavy atom. The van der Waals surface area contributed by atoms with E-state index in [0.29, 0.717) is 0 Å². The molecule has 0 saturated carbocycles. The van der Waals surface area contributed by atoms with Crippen LogP contribution in [0, 0.1) is 18.8 Å². The van der Waals surface area contributed by atoms with E-state index in [1.54, 1.807) is 0 Å². The van der Waals surface area contributed by atoms with Gasteiger partial charge >= 0.3 is 0 Å². The Labute approximate surface area is 79.8 Å². The minimum absolute atomic E-state index is 0.124. The normalized spacial score (nSPS) is 10.5. The molecule has 1 heterocycles. The van der Waals surface area contributed by atoms with Gasteiger partial charge in [0.05, 0.1) is 5.56 Å². The highest BCUT2D eigenvalue weighted by Gasteiger charge is 2.09. The molecule has 1 aromatic rings. The lowest BCUT2D eigenvalue weighted by atomic mass is 10.4. The maximum atomic E-state index is 12.9. The fourth-order valence-corrected chi connectivity index (χ4v) is 1.38. The molecule has 13 heavy (non-hydrogen) atoms. The molecule has 0 aliphatic carbocycles. The van der Waals surface area contributed by atoms with Gasteiger partial charge in [0.15, 0.2) is 5.16 Å². The average Bonchev–Trinajstić information content (AvgIpc) is 2.10. The zero-order chi connectivity index (χ0) is 9.84. The number of rotatable bonds is 3. The molecule has 72 valence electrons. The highest BCUT2D eigenvalue weighted by molar-refractivity contribution is 7.99. The van der Waals surface area contributed by atoms with Gasteiger partial charge in [-0.25, -0.2) is 0 Å². The third-order valence-electron chi connectivity index (χ3n) is 1.44. The van der Waals surface area contributed by atoms with Crippen LogP contribution < -0.4 is 0 Å². The minimum atomic E-state index is -0.772. The van der Waals surface area contributed by atoms with E-state index in [9.17, 15) is 8.78 Å². The van der Waals surface area contributed by atoms with Gasteiger partial charge in [-0.3, -0.25) is 0 Å². The summed E-state index contributed by atoms with van der Waals surface area (Å²) in [6, 6.07) is 0. The largest absolute Gasteiger partial charge is 0.222 e. The van der Waals surface area contributed by atoms with Gasteiger partial charge in [0, 0.05) is 5.75 Å². The van der Waals surface area contributed by atoms with Gasteiger partial charge < -0.3 is 0 Å². The Morgan fingerprint density at radius 1 is 1.23 bits per heavy atom. The van der Waals surface area contributed by atoms with Crippen LogP contribution >= 0.6 is 11.8 Å². The van der Waals surface area contributed by atoms with Crippen molar-refractivity contribution in [3.63, 3.8) is 0 Å². The maximum Gasteiger partial charge on any atom is 0.222 e. The number of hydrogen-bond donors (Lipinski definition) is 0. The molecule has 0 saturated heterocycles. The predicted molar refractivity (Wildman–Crippen MR) is 47.7 cm³/mol. The van der Waals surface area contributed by atoms with Gasteiger partial charge in [0.25, 0.3) is 0 Å². The van der Waals surface area contributed by atoms with Crippen molar-refractivity contribution in [2.24, 2.45) is 0 Å². The highest BCUT2D eigenvalue weighted by Crippen LogP contribution is 2.16. The fourth-order valence-electron chi connectivity index (χ4n) is 0.704. The lowest BCUT2D eigenvalue weighted by Crippen LogP contribution is -2.00. The van der Waals surface area contributed by atoms with Crippen LogP contribution in [0.5, 0.6) is 0 Å². The van der Waals surface area contributed by atoms with Gasteiger partial charge in [-0.1, -0.05) is 18.7 Å². The van der Waals surface area contributed by atoms with Crippen molar-refractivity contribution in [2.45, 2.75) is 25.4 Å². The summed E-state index contributed by atoms with van der Waals surface area (Å²) >= 11 is 1.26. The summed E-state index contributed by atoms with van der Waals surface area (Å²) < 4.78 is 25.7. The lowest BCUT2D eigenvalue weighted by Gasteiger charge is -2.00. The molecule has 0 atom stereocenters. The van der Waals surface area contributed by atoms with E-state index in [0.717, 1.165) is 12.2 Å². The van der Waals surface area contributed by atoms with Gasteiger partial charge in [-0.05, 0) is 13.3 Å². The summed E-state index contributed by atoms with van der Waals surface area (Å²) in [5.74, 6) is -0.778. The molecular weight excluding hydrogens is 194 g/mol. The van der Waals surface area contributed by atoms with Crippen LogP contribution in [0.4, 0.5) is 8.78 Å². The van der Waals surface area contributed by atoms with Crippen molar-refractivity contribution in [2.75, 3.05) is 5.75 Å². The summed E-state index contributed by atoms with van der Waals surface area (Å²) in [6.45, 7) is 3.30. The van der Waals surface area contributed by atoms with E-state index < -0.39 is 11.9 Å². The van der Waals surface area contributed by atoms with Crippen LogP contribution in [0.1, 0.15) is 18.9 Å².